The fourth-order valence-corrected chi connectivity index (χ4v) is 2.25. The largest absolute Gasteiger partial charge is 0.396 e. The maximum absolute atomic E-state index is 9.37. The highest BCUT2D eigenvalue weighted by Gasteiger charge is 2.14. The Bertz CT molecular complexity index is 387. The smallest absolute Gasteiger partial charge is 0.0473 e. The van der Waals surface area contributed by atoms with Crippen molar-refractivity contribution in [3.8, 4) is 0 Å². The van der Waals surface area contributed by atoms with E-state index < -0.39 is 0 Å². The van der Waals surface area contributed by atoms with E-state index >= 15 is 0 Å². The van der Waals surface area contributed by atoms with Crippen molar-refractivity contribution < 1.29 is 5.11 Å². The van der Waals surface area contributed by atoms with E-state index in [0.717, 1.165) is 19.5 Å². The van der Waals surface area contributed by atoms with Gasteiger partial charge in [-0.05, 0) is 55.8 Å². The fourth-order valence-electron chi connectivity index (χ4n) is 2.25. The summed E-state index contributed by atoms with van der Waals surface area (Å²) in [5.74, 6) is 0.916. The lowest BCUT2D eigenvalue weighted by Crippen LogP contribution is -2.32. The number of aliphatic hydroxyl groups excluding tert-OH is 1. The maximum atomic E-state index is 9.37. The standard InChI is InChI=1S/C17H29NO/c1-13(2)17(12-19)11-18(5)9-8-16-7-6-14(3)15(4)10-16/h6-7,10,13,17,19H,8-9,11-12H2,1-5H3. The van der Waals surface area contributed by atoms with Gasteiger partial charge in [-0.25, -0.2) is 0 Å². The van der Waals surface area contributed by atoms with Crippen molar-refractivity contribution in [1.82, 2.24) is 4.90 Å². The van der Waals surface area contributed by atoms with Crippen molar-refractivity contribution in [3.63, 3.8) is 0 Å². The molecule has 0 bridgehead atoms. The molecule has 0 saturated heterocycles. The number of benzene rings is 1. The van der Waals surface area contributed by atoms with Crippen LogP contribution in [0.25, 0.3) is 0 Å². The molecule has 0 aliphatic heterocycles. The van der Waals surface area contributed by atoms with E-state index in [4.69, 9.17) is 0 Å². The normalized spacial score (nSPS) is 13.3. The average molecular weight is 263 g/mol. The molecule has 2 heteroatoms. The Hall–Kier alpha value is -0.860. The Morgan fingerprint density at radius 3 is 2.37 bits per heavy atom. The summed E-state index contributed by atoms with van der Waals surface area (Å²) in [5.41, 5.74) is 4.13. The Morgan fingerprint density at radius 1 is 1.16 bits per heavy atom. The minimum Gasteiger partial charge on any atom is -0.396 e. The number of hydrogen-bond acceptors (Lipinski definition) is 2. The van der Waals surface area contributed by atoms with Crippen LogP contribution in [0.3, 0.4) is 0 Å². The van der Waals surface area contributed by atoms with Crippen LogP contribution in [0.5, 0.6) is 0 Å². The minimum atomic E-state index is 0.283. The molecule has 1 aromatic carbocycles. The summed E-state index contributed by atoms with van der Waals surface area (Å²) < 4.78 is 0. The Kier molecular flexibility index (Phi) is 6.53. The first-order chi connectivity index (χ1) is 8.93. The first-order valence-electron chi connectivity index (χ1n) is 7.29. The highest BCUT2D eigenvalue weighted by Crippen LogP contribution is 2.13. The van der Waals surface area contributed by atoms with Crippen molar-refractivity contribution >= 4 is 0 Å². The summed E-state index contributed by atoms with van der Waals surface area (Å²) in [4.78, 5) is 2.33. The number of aliphatic hydroxyl groups is 1. The van der Waals surface area contributed by atoms with Gasteiger partial charge in [-0.1, -0.05) is 32.0 Å². The Balaban J connectivity index is 2.45. The third-order valence-corrected chi connectivity index (χ3v) is 4.08. The number of hydrogen-bond donors (Lipinski definition) is 1. The van der Waals surface area contributed by atoms with Crippen LogP contribution in [-0.4, -0.2) is 36.8 Å². The summed E-state index contributed by atoms with van der Waals surface area (Å²) in [7, 11) is 2.14. The molecule has 19 heavy (non-hydrogen) atoms. The summed E-state index contributed by atoms with van der Waals surface area (Å²) in [6.45, 7) is 11.0. The molecular weight excluding hydrogens is 234 g/mol. The monoisotopic (exact) mass is 263 g/mol. The van der Waals surface area contributed by atoms with Crippen LogP contribution < -0.4 is 0 Å². The van der Waals surface area contributed by atoms with Crippen LogP contribution in [0, 0.1) is 25.7 Å². The van der Waals surface area contributed by atoms with E-state index in [-0.39, 0.29) is 6.61 Å². The van der Waals surface area contributed by atoms with Gasteiger partial charge < -0.3 is 10.0 Å². The first kappa shape index (κ1) is 16.2. The number of rotatable bonds is 7. The molecule has 108 valence electrons. The zero-order valence-corrected chi connectivity index (χ0v) is 13.1. The van der Waals surface area contributed by atoms with E-state index in [1.165, 1.54) is 16.7 Å². The van der Waals surface area contributed by atoms with Crippen LogP contribution in [0.15, 0.2) is 18.2 Å². The molecule has 0 radical (unpaired) electrons. The van der Waals surface area contributed by atoms with Crippen LogP contribution in [0.4, 0.5) is 0 Å². The molecule has 0 aliphatic rings. The molecule has 1 atom stereocenters. The molecule has 2 nitrogen and oxygen atoms in total. The molecule has 0 saturated carbocycles. The minimum absolute atomic E-state index is 0.283. The zero-order valence-electron chi connectivity index (χ0n) is 13.1. The molecule has 0 heterocycles. The number of aryl methyl sites for hydroxylation is 2. The summed E-state index contributed by atoms with van der Waals surface area (Å²) in [6, 6.07) is 6.71. The predicted octanol–water partition coefficient (Wildman–Crippen LogP) is 3.04. The molecule has 1 N–H and O–H groups in total. The second kappa shape index (κ2) is 7.66. The van der Waals surface area contributed by atoms with E-state index in [2.05, 4.69) is 57.8 Å². The van der Waals surface area contributed by atoms with E-state index in [1.54, 1.807) is 0 Å². The SMILES string of the molecule is Cc1ccc(CCN(C)CC(CO)C(C)C)cc1C. The third kappa shape index (κ3) is 5.33. The third-order valence-electron chi connectivity index (χ3n) is 4.08. The van der Waals surface area contributed by atoms with Gasteiger partial charge in [-0.2, -0.15) is 0 Å². The second-order valence-electron chi connectivity index (χ2n) is 6.12. The van der Waals surface area contributed by atoms with Crippen molar-refractivity contribution in [2.45, 2.75) is 34.1 Å². The van der Waals surface area contributed by atoms with E-state index in [9.17, 15) is 5.11 Å². The Morgan fingerprint density at radius 2 is 1.84 bits per heavy atom. The van der Waals surface area contributed by atoms with Crippen molar-refractivity contribution in [1.29, 1.82) is 0 Å². The molecule has 1 aromatic rings. The predicted molar refractivity (Wildman–Crippen MR) is 82.5 cm³/mol. The van der Waals surface area contributed by atoms with E-state index in [0.29, 0.717) is 11.8 Å². The molecule has 1 unspecified atom stereocenters. The zero-order chi connectivity index (χ0) is 14.4. The van der Waals surface area contributed by atoms with Gasteiger partial charge in [-0.3, -0.25) is 0 Å². The van der Waals surface area contributed by atoms with Gasteiger partial charge in [0.1, 0.15) is 0 Å². The van der Waals surface area contributed by atoms with Gasteiger partial charge in [0.25, 0.3) is 0 Å². The molecule has 0 aliphatic carbocycles. The quantitative estimate of drug-likeness (QED) is 0.817. The molecule has 1 rings (SSSR count). The fraction of sp³-hybridized carbons (Fsp3) is 0.647. The molecule has 0 aromatic heterocycles. The Labute approximate surface area is 118 Å². The first-order valence-corrected chi connectivity index (χ1v) is 7.29. The van der Waals surface area contributed by atoms with Crippen molar-refractivity contribution in [2.75, 3.05) is 26.7 Å². The molecule has 0 fully saturated rings. The van der Waals surface area contributed by atoms with Crippen molar-refractivity contribution in [3.05, 3.63) is 34.9 Å². The van der Waals surface area contributed by atoms with Gasteiger partial charge in [0.2, 0.25) is 0 Å². The van der Waals surface area contributed by atoms with Gasteiger partial charge in [0.05, 0.1) is 0 Å². The topological polar surface area (TPSA) is 23.5 Å². The van der Waals surface area contributed by atoms with Gasteiger partial charge in [0.15, 0.2) is 0 Å². The lowest BCUT2D eigenvalue weighted by Gasteiger charge is -2.25. The van der Waals surface area contributed by atoms with Crippen molar-refractivity contribution in [2.24, 2.45) is 11.8 Å². The summed E-state index contributed by atoms with van der Waals surface area (Å²) in [5, 5.41) is 9.37. The van der Waals surface area contributed by atoms with Gasteiger partial charge in [-0.15, -0.1) is 0 Å². The van der Waals surface area contributed by atoms with Crippen LogP contribution in [0.2, 0.25) is 0 Å². The second-order valence-corrected chi connectivity index (χ2v) is 6.12. The van der Waals surface area contributed by atoms with Gasteiger partial charge in [0, 0.05) is 19.7 Å². The van der Waals surface area contributed by atoms with E-state index in [1.807, 2.05) is 0 Å². The van der Waals surface area contributed by atoms with Gasteiger partial charge >= 0.3 is 0 Å². The highest BCUT2D eigenvalue weighted by molar-refractivity contribution is 5.30. The summed E-state index contributed by atoms with van der Waals surface area (Å²) in [6.07, 6.45) is 1.08. The average Bonchev–Trinajstić information content (AvgIpc) is 2.37. The highest BCUT2D eigenvalue weighted by atomic mass is 16.3. The lowest BCUT2D eigenvalue weighted by atomic mass is 9.96. The molecule has 0 amide bonds. The lowest BCUT2D eigenvalue weighted by molar-refractivity contribution is 0.147. The number of likely N-dealkylation sites (N-methyl/N-ethyl adjacent to an activating group) is 1. The summed E-state index contributed by atoms with van der Waals surface area (Å²) >= 11 is 0. The van der Waals surface area contributed by atoms with Crippen LogP contribution in [0.1, 0.15) is 30.5 Å². The van der Waals surface area contributed by atoms with Crippen LogP contribution >= 0.6 is 0 Å². The molecule has 0 spiro atoms. The maximum Gasteiger partial charge on any atom is 0.0473 e. The number of nitrogens with zero attached hydrogens (tertiary/aromatic N) is 1. The van der Waals surface area contributed by atoms with Crippen LogP contribution in [-0.2, 0) is 6.42 Å². The molecular formula is C17H29NO.